The zero-order valence-electron chi connectivity index (χ0n) is 11.3. The molecule has 0 saturated heterocycles. The van der Waals surface area contributed by atoms with E-state index in [0.29, 0.717) is 0 Å². The van der Waals surface area contributed by atoms with Crippen LogP contribution in [0.3, 0.4) is 0 Å². The molecule has 96 valence electrons. The van der Waals surface area contributed by atoms with Gasteiger partial charge in [0, 0.05) is 0 Å². The fourth-order valence-electron chi connectivity index (χ4n) is 2.70. The average molecular weight is 242 g/mol. The normalized spacial score (nSPS) is 19.3. The zero-order chi connectivity index (χ0) is 11.5. The highest BCUT2D eigenvalue weighted by Crippen LogP contribution is 2.32. The summed E-state index contributed by atoms with van der Waals surface area (Å²) in [7, 11) is 1.29. The second kappa shape index (κ2) is 10.6. The van der Waals surface area contributed by atoms with Crippen LogP contribution in [0.5, 0.6) is 0 Å². The summed E-state index contributed by atoms with van der Waals surface area (Å²) >= 11 is 0. The highest BCUT2D eigenvalue weighted by molar-refractivity contribution is 7.38. The van der Waals surface area contributed by atoms with Gasteiger partial charge in [-0.3, -0.25) is 0 Å². The Balaban J connectivity index is 1.86. The van der Waals surface area contributed by atoms with Crippen LogP contribution in [0.25, 0.3) is 0 Å². The molecule has 1 rings (SSSR count). The molecule has 1 aliphatic carbocycles. The maximum atomic E-state index is 2.30. The maximum Gasteiger partial charge on any atom is -0.0237 e. The third-order valence-electron chi connectivity index (χ3n) is 3.82. The van der Waals surface area contributed by atoms with Gasteiger partial charge in [-0.2, -0.15) is 0 Å². The number of unbranched alkanes of at least 4 members (excludes halogenated alkanes) is 5. The van der Waals surface area contributed by atoms with Gasteiger partial charge in [0.2, 0.25) is 0 Å². The molecule has 0 aromatic carbocycles. The van der Waals surface area contributed by atoms with E-state index in [9.17, 15) is 0 Å². The first kappa shape index (κ1) is 14.5. The summed E-state index contributed by atoms with van der Waals surface area (Å²) < 4.78 is 0. The fourth-order valence-corrected chi connectivity index (χ4v) is 4.37. The van der Waals surface area contributed by atoms with Crippen LogP contribution in [0.2, 0.25) is 0 Å². The Kier molecular flexibility index (Phi) is 9.58. The molecular formula is C15H31P. The van der Waals surface area contributed by atoms with E-state index in [1.54, 1.807) is 12.8 Å². The molecule has 1 atom stereocenters. The van der Waals surface area contributed by atoms with Crippen molar-refractivity contribution in [2.45, 2.75) is 89.6 Å². The minimum Gasteiger partial charge on any atom is -0.119 e. The van der Waals surface area contributed by atoms with Gasteiger partial charge in [-0.25, -0.2) is 0 Å². The molecule has 0 aromatic rings. The predicted octanol–water partition coefficient (Wildman–Crippen LogP) is 5.75. The van der Waals surface area contributed by atoms with E-state index in [0.717, 1.165) is 5.66 Å². The van der Waals surface area contributed by atoms with Crippen molar-refractivity contribution in [3.63, 3.8) is 0 Å². The predicted molar refractivity (Wildman–Crippen MR) is 78.0 cm³/mol. The Labute approximate surface area is 105 Å². The molecule has 0 bridgehead atoms. The van der Waals surface area contributed by atoms with Gasteiger partial charge in [0.25, 0.3) is 0 Å². The molecule has 1 aliphatic rings. The number of rotatable bonds is 8. The van der Waals surface area contributed by atoms with Crippen LogP contribution in [-0.2, 0) is 0 Å². The molecule has 0 amide bonds. The van der Waals surface area contributed by atoms with Gasteiger partial charge in [0.15, 0.2) is 0 Å². The molecule has 0 radical (unpaired) electrons. The Morgan fingerprint density at radius 3 is 2.12 bits per heavy atom. The molecule has 0 N–H and O–H groups in total. The van der Waals surface area contributed by atoms with Crippen molar-refractivity contribution in [2.24, 2.45) is 0 Å². The van der Waals surface area contributed by atoms with Crippen LogP contribution in [0, 0.1) is 0 Å². The first-order valence-electron chi connectivity index (χ1n) is 7.67. The molecule has 1 heteroatoms. The molecule has 0 aromatic heterocycles. The minimum absolute atomic E-state index is 1.12. The summed E-state index contributed by atoms with van der Waals surface area (Å²) in [5, 5.41) is 0. The first-order chi connectivity index (χ1) is 7.93. The molecule has 16 heavy (non-hydrogen) atoms. The molecule has 0 nitrogen and oxygen atoms in total. The van der Waals surface area contributed by atoms with E-state index in [-0.39, 0.29) is 0 Å². The Morgan fingerprint density at radius 1 is 0.812 bits per heavy atom. The van der Waals surface area contributed by atoms with Crippen molar-refractivity contribution in [1.82, 2.24) is 0 Å². The topological polar surface area (TPSA) is 0 Å². The lowest BCUT2D eigenvalue weighted by Crippen LogP contribution is -1.99. The van der Waals surface area contributed by atoms with Crippen LogP contribution in [0.15, 0.2) is 0 Å². The summed E-state index contributed by atoms with van der Waals surface area (Å²) in [6.07, 6.45) is 19.5. The fraction of sp³-hybridized carbons (Fsp3) is 1.00. The van der Waals surface area contributed by atoms with Crippen molar-refractivity contribution in [3.8, 4) is 0 Å². The highest BCUT2D eigenvalue weighted by Gasteiger charge is 2.11. The van der Waals surface area contributed by atoms with Crippen molar-refractivity contribution >= 4 is 8.58 Å². The molecule has 0 heterocycles. The Hall–Kier alpha value is 0.430. The standard InChI is InChI=1S/C15H31P/c1-2-3-4-5-8-11-14-16-15-12-9-6-7-10-13-15/h15-16H,2-14H2,1H3. The summed E-state index contributed by atoms with van der Waals surface area (Å²) in [5.74, 6) is 0. The lowest BCUT2D eigenvalue weighted by atomic mass is 10.1. The quantitative estimate of drug-likeness (QED) is 0.289. The molecule has 0 aliphatic heterocycles. The van der Waals surface area contributed by atoms with Crippen molar-refractivity contribution in [1.29, 1.82) is 0 Å². The molecule has 1 unspecified atom stereocenters. The van der Waals surface area contributed by atoms with Gasteiger partial charge in [-0.15, -0.1) is 8.58 Å². The number of hydrogen-bond donors (Lipinski definition) is 0. The lowest BCUT2D eigenvalue weighted by molar-refractivity contribution is 0.625. The van der Waals surface area contributed by atoms with Crippen LogP contribution in [0.4, 0.5) is 0 Å². The van der Waals surface area contributed by atoms with Crippen LogP contribution >= 0.6 is 8.58 Å². The van der Waals surface area contributed by atoms with Gasteiger partial charge < -0.3 is 0 Å². The average Bonchev–Trinajstić information content (AvgIpc) is 2.56. The Morgan fingerprint density at radius 2 is 1.44 bits per heavy atom. The van der Waals surface area contributed by atoms with Crippen molar-refractivity contribution in [2.75, 3.05) is 6.16 Å². The number of hydrogen-bond acceptors (Lipinski definition) is 0. The zero-order valence-corrected chi connectivity index (χ0v) is 12.3. The summed E-state index contributed by atoms with van der Waals surface area (Å²) in [4.78, 5) is 0. The van der Waals surface area contributed by atoms with Crippen LogP contribution in [-0.4, -0.2) is 11.8 Å². The van der Waals surface area contributed by atoms with Crippen LogP contribution < -0.4 is 0 Å². The van der Waals surface area contributed by atoms with Crippen LogP contribution in [0.1, 0.15) is 84.0 Å². The van der Waals surface area contributed by atoms with Gasteiger partial charge in [0.1, 0.15) is 0 Å². The Bertz CT molecular complexity index is 136. The summed E-state index contributed by atoms with van der Waals surface area (Å²) in [5.41, 5.74) is 1.12. The minimum atomic E-state index is 1.12. The maximum absolute atomic E-state index is 2.30. The summed E-state index contributed by atoms with van der Waals surface area (Å²) in [6.45, 7) is 2.30. The van der Waals surface area contributed by atoms with E-state index in [2.05, 4.69) is 6.92 Å². The SMILES string of the molecule is CCCCCCCCPC1CCCCCC1. The molecular weight excluding hydrogens is 211 g/mol. The molecule has 0 spiro atoms. The van der Waals surface area contributed by atoms with Gasteiger partial charge in [0.05, 0.1) is 0 Å². The van der Waals surface area contributed by atoms with E-state index in [1.807, 2.05) is 0 Å². The molecule has 1 fully saturated rings. The smallest absolute Gasteiger partial charge is 0.0237 e. The summed E-state index contributed by atoms with van der Waals surface area (Å²) in [6, 6.07) is 0. The highest BCUT2D eigenvalue weighted by atomic mass is 31.1. The van der Waals surface area contributed by atoms with Gasteiger partial charge >= 0.3 is 0 Å². The first-order valence-corrected chi connectivity index (χ1v) is 8.95. The van der Waals surface area contributed by atoms with Crippen molar-refractivity contribution < 1.29 is 0 Å². The van der Waals surface area contributed by atoms with E-state index < -0.39 is 0 Å². The van der Waals surface area contributed by atoms with E-state index in [1.165, 1.54) is 79.0 Å². The largest absolute Gasteiger partial charge is 0.119 e. The lowest BCUT2D eigenvalue weighted by Gasteiger charge is -2.13. The van der Waals surface area contributed by atoms with Gasteiger partial charge in [-0.1, -0.05) is 64.7 Å². The van der Waals surface area contributed by atoms with E-state index >= 15 is 0 Å². The monoisotopic (exact) mass is 242 g/mol. The second-order valence-electron chi connectivity index (χ2n) is 5.41. The third kappa shape index (κ3) is 7.66. The van der Waals surface area contributed by atoms with Crippen molar-refractivity contribution in [3.05, 3.63) is 0 Å². The van der Waals surface area contributed by atoms with Gasteiger partial charge in [-0.05, 0) is 31.1 Å². The second-order valence-corrected chi connectivity index (χ2v) is 7.14. The molecule has 1 saturated carbocycles. The third-order valence-corrected chi connectivity index (χ3v) is 5.62. The van der Waals surface area contributed by atoms with E-state index in [4.69, 9.17) is 0 Å².